The zero-order chi connectivity index (χ0) is 26.1. The molecule has 3 rings (SSSR count). The van der Waals surface area contributed by atoms with Crippen molar-refractivity contribution in [2.45, 2.75) is 46.7 Å². The number of nitrogens with zero attached hydrogens (tertiary/aromatic N) is 1. The highest BCUT2D eigenvalue weighted by Crippen LogP contribution is 2.23. The Bertz CT molecular complexity index is 1160. The van der Waals surface area contributed by atoms with Gasteiger partial charge in [0.2, 0.25) is 5.91 Å². The number of carbonyl (C=O) groups excluding carboxylic acids is 2. The minimum absolute atomic E-state index is 0.183. The van der Waals surface area contributed by atoms with E-state index in [0.717, 1.165) is 22.3 Å². The van der Waals surface area contributed by atoms with Crippen LogP contribution >= 0.6 is 11.6 Å². The van der Waals surface area contributed by atoms with Gasteiger partial charge in [0.05, 0.1) is 0 Å². The molecule has 5 nitrogen and oxygen atoms in total. The lowest BCUT2D eigenvalue weighted by atomic mass is 10.0. The lowest BCUT2D eigenvalue weighted by Gasteiger charge is -2.32. The van der Waals surface area contributed by atoms with E-state index in [4.69, 9.17) is 16.3 Å². The van der Waals surface area contributed by atoms with Crippen LogP contribution in [0.2, 0.25) is 5.02 Å². The average Bonchev–Trinajstić information content (AvgIpc) is 2.87. The fourth-order valence-corrected chi connectivity index (χ4v) is 4.09. The van der Waals surface area contributed by atoms with Gasteiger partial charge in [-0.2, -0.15) is 0 Å². The molecule has 0 fully saturated rings. The van der Waals surface area contributed by atoms with Crippen LogP contribution in [0.1, 0.15) is 36.1 Å². The Hall–Kier alpha value is -3.31. The second kappa shape index (κ2) is 13.1. The zero-order valence-corrected chi connectivity index (χ0v) is 22.2. The average molecular weight is 507 g/mol. The van der Waals surface area contributed by atoms with Gasteiger partial charge in [-0.05, 0) is 54.2 Å². The van der Waals surface area contributed by atoms with E-state index in [-0.39, 0.29) is 30.9 Å². The van der Waals surface area contributed by atoms with Crippen LogP contribution in [0.15, 0.2) is 72.8 Å². The van der Waals surface area contributed by atoms with Crippen molar-refractivity contribution in [2.24, 2.45) is 5.92 Å². The second-order valence-corrected chi connectivity index (χ2v) is 9.85. The SMILES string of the molecule is Cc1cccc(OCC(=O)N(Cc2ccccc2Cl)[C@@H](Cc2ccccc2)C(=O)NCC(C)C)c1C. The number of carbonyl (C=O) groups is 2. The minimum atomic E-state index is -0.725. The van der Waals surface area contributed by atoms with Crippen LogP contribution in [0, 0.1) is 19.8 Å². The van der Waals surface area contributed by atoms with E-state index in [1.165, 1.54) is 0 Å². The molecule has 0 aromatic heterocycles. The largest absolute Gasteiger partial charge is 0.483 e. The van der Waals surface area contributed by atoms with Crippen LogP contribution in [0.25, 0.3) is 0 Å². The molecule has 3 aromatic carbocycles. The van der Waals surface area contributed by atoms with Gasteiger partial charge < -0.3 is 15.0 Å². The van der Waals surface area contributed by atoms with E-state index in [2.05, 4.69) is 5.32 Å². The molecular formula is C30H35ClN2O3. The lowest BCUT2D eigenvalue weighted by molar-refractivity contribution is -0.142. The van der Waals surface area contributed by atoms with Crippen molar-refractivity contribution in [1.82, 2.24) is 10.2 Å². The molecule has 0 aliphatic heterocycles. The smallest absolute Gasteiger partial charge is 0.261 e. The van der Waals surface area contributed by atoms with Crippen molar-refractivity contribution >= 4 is 23.4 Å². The van der Waals surface area contributed by atoms with Crippen molar-refractivity contribution in [3.8, 4) is 5.75 Å². The van der Waals surface area contributed by atoms with Crippen LogP contribution in [0.5, 0.6) is 5.75 Å². The van der Waals surface area contributed by atoms with Crippen LogP contribution < -0.4 is 10.1 Å². The predicted molar refractivity (Wildman–Crippen MR) is 145 cm³/mol. The molecule has 0 radical (unpaired) electrons. The Kier molecular flexibility index (Phi) is 9.95. The first-order valence-corrected chi connectivity index (χ1v) is 12.7. The number of ether oxygens (including phenoxy) is 1. The van der Waals surface area contributed by atoms with Gasteiger partial charge in [-0.15, -0.1) is 0 Å². The fourth-order valence-electron chi connectivity index (χ4n) is 3.89. The first kappa shape index (κ1) is 27.3. The van der Waals surface area contributed by atoms with Gasteiger partial charge in [-0.25, -0.2) is 0 Å². The summed E-state index contributed by atoms with van der Waals surface area (Å²) in [5, 5.41) is 3.57. The molecule has 1 N–H and O–H groups in total. The highest BCUT2D eigenvalue weighted by Gasteiger charge is 2.31. The maximum absolute atomic E-state index is 13.7. The summed E-state index contributed by atoms with van der Waals surface area (Å²) in [5.74, 6) is 0.465. The Balaban J connectivity index is 1.93. The van der Waals surface area contributed by atoms with Crippen LogP contribution in [0.4, 0.5) is 0 Å². The molecular weight excluding hydrogens is 472 g/mol. The van der Waals surface area contributed by atoms with Gasteiger partial charge in [-0.1, -0.05) is 86.1 Å². The standard InChI is InChI=1S/C30H35ClN2O3/c1-21(2)18-32-30(35)27(17-24-12-6-5-7-13-24)33(19-25-14-8-9-15-26(25)31)29(34)20-36-28-16-10-11-22(3)23(28)4/h5-16,21,27H,17-20H2,1-4H3,(H,32,35)/t27-/m0/s1. The number of benzene rings is 3. The van der Waals surface area contributed by atoms with Crippen LogP contribution in [-0.4, -0.2) is 35.9 Å². The van der Waals surface area contributed by atoms with Gasteiger partial charge >= 0.3 is 0 Å². The lowest BCUT2D eigenvalue weighted by Crippen LogP contribution is -2.52. The molecule has 1 atom stereocenters. The summed E-state index contributed by atoms with van der Waals surface area (Å²) in [4.78, 5) is 28.7. The topological polar surface area (TPSA) is 58.6 Å². The molecule has 6 heteroatoms. The number of halogens is 1. The fraction of sp³-hybridized carbons (Fsp3) is 0.333. The first-order chi connectivity index (χ1) is 17.3. The van der Waals surface area contributed by atoms with Crippen molar-refractivity contribution < 1.29 is 14.3 Å². The van der Waals surface area contributed by atoms with E-state index < -0.39 is 6.04 Å². The predicted octanol–water partition coefficient (Wildman–Crippen LogP) is 5.75. The summed E-state index contributed by atoms with van der Waals surface area (Å²) >= 11 is 6.46. The molecule has 36 heavy (non-hydrogen) atoms. The molecule has 0 saturated carbocycles. The summed E-state index contributed by atoms with van der Waals surface area (Å²) in [6.07, 6.45) is 0.379. The highest BCUT2D eigenvalue weighted by atomic mass is 35.5. The van der Waals surface area contributed by atoms with Gasteiger partial charge in [-0.3, -0.25) is 9.59 Å². The summed E-state index contributed by atoms with van der Waals surface area (Å²) in [7, 11) is 0. The first-order valence-electron chi connectivity index (χ1n) is 12.3. The molecule has 0 saturated heterocycles. The summed E-state index contributed by atoms with van der Waals surface area (Å²) in [6.45, 7) is 8.58. The van der Waals surface area contributed by atoms with Crippen LogP contribution in [-0.2, 0) is 22.6 Å². The van der Waals surface area contributed by atoms with Crippen LogP contribution in [0.3, 0.4) is 0 Å². The molecule has 0 aliphatic rings. The number of rotatable bonds is 11. The number of amides is 2. The normalized spacial score (nSPS) is 11.7. The summed E-state index contributed by atoms with van der Waals surface area (Å²) in [6, 6.07) is 22.1. The second-order valence-electron chi connectivity index (χ2n) is 9.44. The Morgan fingerprint density at radius 3 is 2.33 bits per heavy atom. The maximum Gasteiger partial charge on any atom is 0.261 e. The Morgan fingerprint density at radius 2 is 1.64 bits per heavy atom. The van der Waals surface area contributed by atoms with Crippen molar-refractivity contribution in [3.63, 3.8) is 0 Å². The molecule has 0 bridgehead atoms. The molecule has 0 aliphatic carbocycles. The van der Waals surface area contributed by atoms with Crippen molar-refractivity contribution in [2.75, 3.05) is 13.2 Å². The number of hydrogen-bond donors (Lipinski definition) is 1. The van der Waals surface area contributed by atoms with Gasteiger partial charge in [0.1, 0.15) is 11.8 Å². The summed E-state index contributed by atoms with van der Waals surface area (Å²) < 4.78 is 5.95. The Labute approximate surface area is 219 Å². The minimum Gasteiger partial charge on any atom is -0.483 e. The van der Waals surface area contributed by atoms with E-state index in [1.54, 1.807) is 11.0 Å². The molecule has 0 spiro atoms. The summed E-state index contributed by atoms with van der Waals surface area (Å²) in [5.41, 5.74) is 3.81. The Morgan fingerprint density at radius 1 is 0.944 bits per heavy atom. The van der Waals surface area contributed by atoms with E-state index >= 15 is 0 Å². The van der Waals surface area contributed by atoms with E-state index in [9.17, 15) is 9.59 Å². The highest BCUT2D eigenvalue weighted by molar-refractivity contribution is 6.31. The third-order valence-corrected chi connectivity index (χ3v) is 6.53. The number of nitrogens with one attached hydrogen (secondary N) is 1. The number of aryl methyl sites for hydroxylation is 1. The quantitative estimate of drug-likeness (QED) is 0.360. The van der Waals surface area contributed by atoms with Crippen molar-refractivity contribution in [1.29, 1.82) is 0 Å². The monoisotopic (exact) mass is 506 g/mol. The molecule has 0 unspecified atom stereocenters. The van der Waals surface area contributed by atoms with Crippen molar-refractivity contribution in [3.05, 3.63) is 100 Å². The third-order valence-electron chi connectivity index (χ3n) is 6.16. The molecule has 190 valence electrons. The van der Waals surface area contributed by atoms with E-state index in [1.807, 2.05) is 94.4 Å². The van der Waals surface area contributed by atoms with Gasteiger partial charge in [0, 0.05) is 24.5 Å². The third kappa shape index (κ3) is 7.59. The maximum atomic E-state index is 13.7. The number of hydrogen-bond acceptors (Lipinski definition) is 3. The van der Waals surface area contributed by atoms with E-state index in [0.29, 0.717) is 23.7 Å². The zero-order valence-electron chi connectivity index (χ0n) is 21.5. The molecule has 0 heterocycles. The van der Waals surface area contributed by atoms with Gasteiger partial charge in [0.25, 0.3) is 5.91 Å². The molecule has 2 amide bonds. The van der Waals surface area contributed by atoms with Gasteiger partial charge in [0.15, 0.2) is 6.61 Å². The molecule has 3 aromatic rings.